The highest BCUT2D eigenvalue weighted by molar-refractivity contribution is 9.11. The molecule has 0 spiro atoms. The lowest BCUT2D eigenvalue weighted by Gasteiger charge is -2.39. The van der Waals surface area contributed by atoms with E-state index in [1.807, 2.05) is 12.1 Å². The first-order valence-electron chi connectivity index (χ1n) is 6.60. The van der Waals surface area contributed by atoms with E-state index in [0.29, 0.717) is 18.0 Å². The van der Waals surface area contributed by atoms with Gasteiger partial charge in [0.25, 0.3) is 5.91 Å². The van der Waals surface area contributed by atoms with Crippen LogP contribution in [-0.4, -0.2) is 35.0 Å². The van der Waals surface area contributed by atoms with E-state index in [4.69, 9.17) is 0 Å². The minimum atomic E-state index is -0.797. The zero-order valence-corrected chi connectivity index (χ0v) is 14.0. The predicted molar refractivity (Wildman–Crippen MR) is 82.1 cm³/mol. The van der Waals surface area contributed by atoms with Gasteiger partial charge in [-0.25, -0.2) is 0 Å². The number of aliphatic carboxylic acids is 1. The van der Waals surface area contributed by atoms with Gasteiger partial charge in [0.1, 0.15) is 0 Å². The zero-order valence-electron chi connectivity index (χ0n) is 11.6. The standard InChI is InChI=1S/C14H18BrNO3S/c1-14(2,13(18)19)9-4-3-7-16(8-9)12(17)10-5-6-11(15)20-10/h5-6,9H,3-4,7-8H2,1-2H3,(H,18,19). The van der Waals surface area contributed by atoms with Crippen LogP contribution < -0.4 is 0 Å². The Labute approximate surface area is 130 Å². The summed E-state index contributed by atoms with van der Waals surface area (Å²) in [6, 6.07) is 3.67. The number of carbonyl (C=O) groups excluding carboxylic acids is 1. The van der Waals surface area contributed by atoms with Gasteiger partial charge in [0.2, 0.25) is 0 Å². The number of hydrogen-bond acceptors (Lipinski definition) is 3. The number of carboxylic acids is 1. The summed E-state index contributed by atoms with van der Waals surface area (Å²) >= 11 is 4.77. The molecule has 1 unspecified atom stereocenters. The molecular weight excluding hydrogens is 342 g/mol. The fourth-order valence-electron chi connectivity index (χ4n) is 2.51. The topological polar surface area (TPSA) is 57.6 Å². The molecule has 2 rings (SSSR count). The second-order valence-electron chi connectivity index (χ2n) is 5.72. The van der Waals surface area contributed by atoms with Crippen molar-refractivity contribution in [2.24, 2.45) is 11.3 Å². The molecule has 1 saturated heterocycles. The van der Waals surface area contributed by atoms with Crippen molar-refractivity contribution in [3.05, 3.63) is 20.8 Å². The molecule has 20 heavy (non-hydrogen) atoms. The quantitative estimate of drug-likeness (QED) is 0.898. The van der Waals surface area contributed by atoms with E-state index < -0.39 is 11.4 Å². The molecule has 1 fully saturated rings. The van der Waals surface area contributed by atoms with Crippen molar-refractivity contribution >= 4 is 39.1 Å². The monoisotopic (exact) mass is 359 g/mol. The highest BCUT2D eigenvalue weighted by Gasteiger charge is 2.40. The number of rotatable bonds is 3. The van der Waals surface area contributed by atoms with Gasteiger partial charge >= 0.3 is 5.97 Å². The van der Waals surface area contributed by atoms with E-state index in [9.17, 15) is 14.7 Å². The lowest BCUT2D eigenvalue weighted by atomic mass is 9.74. The summed E-state index contributed by atoms with van der Waals surface area (Å²) in [6.07, 6.45) is 1.72. The van der Waals surface area contributed by atoms with Crippen LogP contribution in [0.5, 0.6) is 0 Å². The Hall–Kier alpha value is -0.880. The fraction of sp³-hybridized carbons (Fsp3) is 0.571. The highest BCUT2D eigenvalue weighted by Crippen LogP contribution is 2.35. The smallest absolute Gasteiger partial charge is 0.309 e. The Morgan fingerprint density at radius 1 is 1.45 bits per heavy atom. The van der Waals surface area contributed by atoms with E-state index in [2.05, 4.69) is 15.9 Å². The van der Waals surface area contributed by atoms with Crippen molar-refractivity contribution in [3.8, 4) is 0 Å². The van der Waals surface area contributed by atoms with Crippen LogP contribution in [-0.2, 0) is 4.79 Å². The summed E-state index contributed by atoms with van der Waals surface area (Å²) in [5, 5.41) is 9.33. The molecule has 110 valence electrons. The predicted octanol–water partition coefficient (Wildman–Crippen LogP) is 3.47. The third-order valence-corrected chi connectivity index (χ3v) is 5.68. The van der Waals surface area contributed by atoms with Gasteiger partial charge in [-0.1, -0.05) is 0 Å². The molecule has 1 amide bonds. The Bertz CT molecular complexity index is 526. The number of amides is 1. The highest BCUT2D eigenvalue weighted by atomic mass is 79.9. The van der Waals surface area contributed by atoms with Gasteiger partial charge in [0, 0.05) is 13.1 Å². The lowest BCUT2D eigenvalue weighted by molar-refractivity contribution is -0.151. The summed E-state index contributed by atoms with van der Waals surface area (Å²) < 4.78 is 0.931. The number of thiophene rings is 1. The number of hydrogen-bond donors (Lipinski definition) is 1. The van der Waals surface area contributed by atoms with Crippen LogP contribution in [0.4, 0.5) is 0 Å². The summed E-state index contributed by atoms with van der Waals surface area (Å²) in [5.41, 5.74) is -0.797. The summed E-state index contributed by atoms with van der Waals surface area (Å²) in [6.45, 7) is 4.72. The minimum Gasteiger partial charge on any atom is -0.481 e. The van der Waals surface area contributed by atoms with Gasteiger partial charge in [-0.3, -0.25) is 9.59 Å². The first kappa shape index (κ1) is 15.5. The van der Waals surface area contributed by atoms with Gasteiger partial charge in [0.15, 0.2) is 0 Å². The minimum absolute atomic E-state index is 0.00102. The van der Waals surface area contributed by atoms with Gasteiger partial charge in [-0.2, -0.15) is 0 Å². The van der Waals surface area contributed by atoms with Crippen LogP contribution in [0, 0.1) is 11.3 Å². The SMILES string of the molecule is CC(C)(C(=O)O)C1CCCN(C(=O)c2ccc(Br)s2)C1. The molecule has 4 nitrogen and oxygen atoms in total. The Morgan fingerprint density at radius 3 is 2.70 bits per heavy atom. The normalized spacial score (nSPS) is 19.9. The average Bonchev–Trinajstić information content (AvgIpc) is 2.84. The third-order valence-electron chi connectivity index (χ3n) is 4.06. The maximum absolute atomic E-state index is 12.4. The van der Waals surface area contributed by atoms with E-state index in [1.165, 1.54) is 11.3 Å². The van der Waals surface area contributed by atoms with Crippen molar-refractivity contribution in [2.45, 2.75) is 26.7 Å². The zero-order chi connectivity index (χ0) is 14.9. The number of likely N-dealkylation sites (tertiary alicyclic amines) is 1. The average molecular weight is 360 g/mol. The number of piperidine rings is 1. The van der Waals surface area contributed by atoms with Crippen LogP contribution in [0.25, 0.3) is 0 Å². The van der Waals surface area contributed by atoms with Crippen molar-refractivity contribution in [3.63, 3.8) is 0 Å². The molecule has 0 bridgehead atoms. The Morgan fingerprint density at radius 2 is 2.15 bits per heavy atom. The summed E-state index contributed by atoms with van der Waals surface area (Å²) in [7, 11) is 0. The van der Waals surface area contributed by atoms with Crippen LogP contribution in [0.2, 0.25) is 0 Å². The number of halogens is 1. The Kier molecular flexibility index (Phi) is 4.54. The van der Waals surface area contributed by atoms with E-state index in [0.717, 1.165) is 16.6 Å². The maximum Gasteiger partial charge on any atom is 0.309 e. The largest absolute Gasteiger partial charge is 0.481 e. The van der Waals surface area contributed by atoms with Gasteiger partial charge < -0.3 is 10.0 Å². The summed E-state index contributed by atoms with van der Waals surface area (Å²) in [5.74, 6) is -0.789. The number of carboxylic acid groups (broad SMARTS) is 1. The molecule has 6 heteroatoms. The van der Waals surface area contributed by atoms with E-state index >= 15 is 0 Å². The maximum atomic E-state index is 12.4. The molecule has 0 aromatic carbocycles. The van der Waals surface area contributed by atoms with Crippen molar-refractivity contribution in [2.75, 3.05) is 13.1 Å². The van der Waals surface area contributed by atoms with Crippen LogP contribution in [0.15, 0.2) is 15.9 Å². The van der Waals surface area contributed by atoms with Crippen LogP contribution >= 0.6 is 27.3 Å². The fourth-order valence-corrected chi connectivity index (χ4v) is 3.86. The van der Waals surface area contributed by atoms with Gasteiger partial charge in [-0.15, -0.1) is 11.3 Å². The summed E-state index contributed by atoms with van der Waals surface area (Å²) in [4.78, 5) is 26.3. The molecule has 0 saturated carbocycles. The Balaban J connectivity index is 2.11. The van der Waals surface area contributed by atoms with Crippen LogP contribution in [0.1, 0.15) is 36.4 Å². The molecule has 1 atom stereocenters. The second kappa shape index (κ2) is 5.85. The molecule has 1 N–H and O–H groups in total. The molecule has 0 aliphatic carbocycles. The van der Waals surface area contributed by atoms with E-state index in [1.54, 1.807) is 18.7 Å². The van der Waals surface area contributed by atoms with Crippen molar-refractivity contribution < 1.29 is 14.7 Å². The molecule has 1 aromatic rings. The molecule has 0 radical (unpaired) electrons. The molecule has 1 aromatic heterocycles. The van der Waals surface area contributed by atoms with Crippen LogP contribution in [0.3, 0.4) is 0 Å². The van der Waals surface area contributed by atoms with Crippen molar-refractivity contribution in [1.82, 2.24) is 4.90 Å². The third kappa shape index (κ3) is 3.06. The van der Waals surface area contributed by atoms with Gasteiger partial charge in [-0.05, 0) is 60.7 Å². The molecule has 1 aliphatic heterocycles. The number of carbonyl (C=O) groups is 2. The first-order valence-corrected chi connectivity index (χ1v) is 8.21. The molecular formula is C14H18BrNO3S. The van der Waals surface area contributed by atoms with Gasteiger partial charge in [0.05, 0.1) is 14.1 Å². The van der Waals surface area contributed by atoms with E-state index in [-0.39, 0.29) is 11.8 Å². The molecule has 1 aliphatic rings. The number of nitrogens with zero attached hydrogens (tertiary/aromatic N) is 1. The first-order chi connectivity index (χ1) is 9.32. The lowest BCUT2D eigenvalue weighted by Crippen LogP contribution is -2.46. The van der Waals surface area contributed by atoms with Crippen molar-refractivity contribution in [1.29, 1.82) is 0 Å². The second-order valence-corrected chi connectivity index (χ2v) is 8.18. The molecule has 2 heterocycles.